The van der Waals surface area contributed by atoms with Gasteiger partial charge in [0.1, 0.15) is 5.00 Å². The fraction of sp³-hybridized carbons (Fsp3) is 0.562. The first-order chi connectivity index (χ1) is 12.5. The summed E-state index contributed by atoms with van der Waals surface area (Å²) in [7, 11) is -2.21. The molecular formula is C16H23N3O6S2. The van der Waals surface area contributed by atoms with Gasteiger partial charge in [-0.3, -0.25) is 9.59 Å². The summed E-state index contributed by atoms with van der Waals surface area (Å²) in [5, 5.41) is 2.94. The third-order valence-electron chi connectivity index (χ3n) is 4.17. The molecule has 2 amide bonds. The Morgan fingerprint density at radius 1 is 1.33 bits per heavy atom. The van der Waals surface area contributed by atoms with Gasteiger partial charge >= 0.3 is 5.97 Å². The van der Waals surface area contributed by atoms with Gasteiger partial charge in [-0.25, -0.2) is 13.2 Å². The zero-order valence-electron chi connectivity index (χ0n) is 15.7. The SMILES string of the molecule is CCOC(=O)c1c(NC(=O)CN(C)S(C)(=O)=O)sc2c1CCN(C(C)=O)C2. The predicted molar refractivity (Wildman–Crippen MR) is 101 cm³/mol. The second-order valence-electron chi connectivity index (χ2n) is 6.19. The van der Waals surface area contributed by atoms with Gasteiger partial charge in [0.25, 0.3) is 0 Å². The van der Waals surface area contributed by atoms with Crippen molar-refractivity contribution in [2.75, 3.05) is 38.3 Å². The summed E-state index contributed by atoms with van der Waals surface area (Å²) < 4.78 is 29.0. The molecule has 2 heterocycles. The maximum atomic E-state index is 12.4. The van der Waals surface area contributed by atoms with E-state index in [0.29, 0.717) is 24.5 Å². The number of anilines is 1. The fourth-order valence-corrected chi connectivity index (χ4v) is 4.28. The van der Waals surface area contributed by atoms with Crippen molar-refractivity contribution in [3.8, 4) is 0 Å². The summed E-state index contributed by atoms with van der Waals surface area (Å²) in [6.07, 6.45) is 1.49. The summed E-state index contributed by atoms with van der Waals surface area (Å²) in [4.78, 5) is 38.8. The second-order valence-corrected chi connectivity index (χ2v) is 9.38. The van der Waals surface area contributed by atoms with Gasteiger partial charge in [0.2, 0.25) is 21.8 Å². The van der Waals surface area contributed by atoms with E-state index in [9.17, 15) is 22.8 Å². The summed E-state index contributed by atoms with van der Waals surface area (Å²) in [6.45, 7) is 3.83. The van der Waals surface area contributed by atoms with E-state index in [0.717, 1.165) is 21.0 Å². The number of carbonyl (C=O) groups is 3. The monoisotopic (exact) mass is 417 g/mol. The topological polar surface area (TPSA) is 113 Å². The highest BCUT2D eigenvalue weighted by Gasteiger charge is 2.30. The van der Waals surface area contributed by atoms with Crippen molar-refractivity contribution >= 4 is 44.1 Å². The molecule has 0 saturated heterocycles. The Hall–Kier alpha value is -1.98. The minimum atomic E-state index is -3.50. The number of thiophene rings is 1. The zero-order valence-corrected chi connectivity index (χ0v) is 17.3. The molecule has 11 heteroatoms. The quantitative estimate of drug-likeness (QED) is 0.681. The summed E-state index contributed by atoms with van der Waals surface area (Å²) in [5.74, 6) is -1.17. The molecular weight excluding hydrogens is 394 g/mol. The highest BCUT2D eigenvalue weighted by molar-refractivity contribution is 7.88. The third-order valence-corrected chi connectivity index (χ3v) is 6.56. The van der Waals surface area contributed by atoms with Gasteiger partial charge in [-0.1, -0.05) is 0 Å². The molecule has 0 saturated carbocycles. The lowest BCUT2D eigenvalue weighted by Crippen LogP contribution is -2.34. The number of hydrogen-bond acceptors (Lipinski definition) is 7. The van der Waals surface area contributed by atoms with Crippen molar-refractivity contribution in [2.45, 2.75) is 26.8 Å². The molecule has 1 aromatic heterocycles. The first-order valence-electron chi connectivity index (χ1n) is 8.32. The fourth-order valence-electron chi connectivity index (χ4n) is 2.67. The van der Waals surface area contributed by atoms with Crippen LogP contribution in [-0.4, -0.2) is 68.4 Å². The van der Waals surface area contributed by atoms with E-state index in [1.165, 1.54) is 25.3 Å². The van der Waals surface area contributed by atoms with Crippen molar-refractivity contribution in [2.24, 2.45) is 0 Å². The van der Waals surface area contributed by atoms with Crippen molar-refractivity contribution in [1.82, 2.24) is 9.21 Å². The maximum Gasteiger partial charge on any atom is 0.341 e. The predicted octanol–water partition coefficient (Wildman–Crippen LogP) is 0.659. The number of carbonyl (C=O) groups excluding carboxylic acids is 3. The van der Waals surface area contributed by atoms with Crippen LogP contribution in [0.2, 0.25) is 0 Å². The first-order valence-corrected chi connectivity index (χ1v) is 11.0. The number of hydrogen-bond donors (Lipinski definition) is 1. The molecule has 0 spiro atoms. The number of nitrogens with zero attached hydrogens (tertiary/aromatic N) is 2. The molecule has 1 aliphatic rings. The van der Waals surface area contributed by atoms with Crippen molar-refractivity contribution in [3.05, 3.63) is 16.0 Å². The van der Waals surface area contributed by atoms with Gasteiger partial charge in [0, 0.05) is 25.4 Å². The normalized spacial score (nSPS) is 14.0. The molecule has 2 rings (SSSR count). The molecule has 1 N–H and O–H groups in total. The van der Waals surface area contributed by atoms with Gasteiger partial charge in [0.05, 0.1) is 31.5 Å². The Balaban J connectivity index is 2.31. The van der Waals surface area contributed by atoms with Crippen LogP contribution in [0.4, 0.5) is 5.00 Å². The molecule has 9 nitrogen and oxygen atoms in total. The molecule has 0 bridgehead atoms. The first kappa shape index (κ1) is 21.3. The second kappa shape index (κ2) is 8.36. The Bertz CT molecular complexity index is 862. The van der Waals surface area contributed by atoms with E-state index >= 15 is 0 Å². The van der Waals surface area contributed by atoms with Crippen LogP contribution in [-0.2, 0) is 37.3 Å². The van der Waals surface area contributed by atoms with E-state index < -0.39 is 21.9 Å². The highest BCUT2D eigenvalue weighted by Crippen LogP contribution is 2.37. The van der Waals surface area contributed by atoms with Crippen LogP contribution in [0.5, 0.6) is 0 Å². The van der Waals surface area contributed by atoms with Crippen LogP contribution in [0, 0.1) is 0 Å². The molecule has 0 aliphatic carbocycles. The molecule has 0 aromatic carbocycles. The minimum absolute atomic E-state index is 0.0629. The average Bonchev–Trinajstić information content (AvgIpc) is 2.90. The minimum Gasteiger partial charge on any atom is -0.462 e. The molecule has 0 fully saturated rings. The van der Waals surface area contributed by atoms with E-state index in [1.807, 2.05) is 0 Å². The number of fused-ring (bicyclic) bond motifs is 1. The molecule has 27 heavy (non-hydrogen) atoms. The zero-order chi connectivity index (χ0) is 20.4. The van der Waals surface area contributed by atoms with Gasteiger partial charge in [-0.15, -0.1) is 11.3 Å². The van der Waals surface area contributed by atoms with Gasteiger partial charge < -0.3 is 15.0 Å². The van der Waals surface area contributed by atoms with E-state index in [4.69, 9.17) is 4.74 Å². The smallest absolute Gasteiger partial charge is 0.341 e. The van der Waals surface area contributed by atoms with E-state index in [2.05, 4.69) is 5.32 Å². The highest BCUT2D eigenvalue weighted by atomic mass is 32.2. The number of esters is 1. The number of nitrogens with one attached hydrogen (secondary N) is 1. The number of sulfonamides is 1. The van der Waals surface area contributed by atoms with Crippen LogP contribution in [0.3, 0.4) is 0 Å². The van der Waals surface area contributed by atoms with Crippen LogP contribution in [0.15, 0.2) is 0 Å². The molecule has 0 atom stereocenters. The maximum absolute atomic E-state index is 12.4. The summed E-state index contributed by atoms with van der Waals surface area (Å²) >= 11 is 1.21. The lowest BCUT2D eigenvalue weighted by atomic mass is 10.0. The van der Waals surface area contributed by atoms with Gasteiger partial charge in [-0.05, 0) is 18.9 Å². The lowest BCUT2D eigenvalue weighted by molar-refractivity contribution is -0.129. The standard InChI is InChI=1S/C16H23N3O6S2/c1-5-25-16(22)14-11-6-7-19(10(2)20)8-12(11)26-15(14)17-13(21)9-18(3)27(4,23)24/h5-9H2,1-4H3,(H,17,21). The van der Waals surface area contributed by atoms with Crippen LogP contribution < -0.4 is 5.32 Å². The molecule has 1 aromatic rings. The Labute approximate surface area is 162 Å². The average molecular weight is 418 g/mol. The Morgan fingerprint density at radius 2 is 2.00 bits per heavy atom. The number of amides is 2. The molecule has 150 valence electrons. The molecule has 0 radical (unpaired) electrons. The van der Waals surface area contributed by atoms with E-state index in [-0.39, 0.29) is 24.6 Å². The number of likely N-dealkylation sites (N-methyl/N-ethyl adjacent to an activating group) is 1. The lowest BCUT2D eigenvalue weighted by Gasteiger charge is -2.25. The van der Waals surface area contributed by atoms with Crippen molar-refractivity contribution < 1.29 is 27.5 Å². The van der Waals surface area contributed by atoms with Crippen molar-refractivity contribution in [3.63, 3.8) is 0 Å². The number of ether oxygens (including phenoxy) is 1. The van der Waals surface area contributed by atoms with Gasteiger partial charge in [0.15, 0.2) is 0 Å². The summed E-state index contributed by atoms with van der Waals surface area (Å²) in [5.41, 5.74) is 1.05. The van der Waals surface area contributed by atoms with Crippen molar-refractivity contribution in [1.29, 1.82) is 0 Å². The van der Waals surface area contributed by atoms with Crippen LogP contribution in [0.25, 0.3) is 0 Å². The largest absolute Gasteiger partial charge is 0.462 e. The van der Waals surface area contributed by atoms with Gasteiger partial charge in [-0.2, -0.15) is 4.31 Å². The third kappa shape index (κ3) is 5.05. The van der Waals surface area contributed by atoms with Crippen LogP contribution in [0.1, 0.15) is 34.6 Å². The summed E-state index contributed by atoms with van der Waals surface area (Å²) in [6, 6.07) is 0. The van der Waals surface area contributed by atoms with E-state index in [1.54, 1.807) is 11.8 Å². The molecule has 1 aliphatic heterocycles. The number of rotatable bonds is 6. The van der Waals surface area contributed by atoms with Crippen LogP contribution >= 0.6 is 11.3 Å². The molecule has 0 unspecified atom stereocenters. The Kier molecular flexibility index (Phi) is 6.60. The Morgan fingerprint density at radius 3 is 2.56 bits per heavy atom.